The molecule has 0 radical (unpaired) electrons. The summed E-state index contributed by atoms with van der Waals surface area (Å²) in [7, 11) is -3.73. The van der Waals surface area contributed by atoms with Gasteiger partial charge >= 0.3 is 0 Å². The van der Waals surface area contributed by atoms with E-state index < -0.39 is 16.6 Å². The average molecular weight is 451 g/mol. The van der Waals surface area contributed by atoms with Gasteiger partial charge in [-0.25, -0.2) is 0 Å². The highest BCUT2D eigenvalue weighted by atomic mass is 28.4. The standard InChI is InChI=1S/C28H42OSi2/c1-11-23-13-17-25(18-14-23)27(3,4)21-30(7,8)29-31(9,10)22-28(5,6)26-19-15-24(12-2)16-20-26/h11-20H,1-2,21-22H2,3-10H3. The van der Waals surface area contributed by atoms with Crippen LogP contribution in [0.1, 0.15) is 49.9 Å². The summed E-state index contributed by atoms with van der Waals surface area (Å²) in [5.74, 6) is 0. The van der Waals surface area contributed by atoms with Gasteiger partial charge < -0.3 is 4.12 Å². The maximum absolute atomic E-state index is 7.08. The van der Waals surface area contributed by atoms with Gasteiger partial charge in [-0.05, 0) is 71.4 Å². The number of rotatable bonds is 10. The second-order valence-electron chi connectivity index (χ2n) is 11.4. The van der Waals surface area contributed by atoms with E-state index in [0.29, 0.717) is 0 Å². The van der Waals surface area contributed by atoms with Gasteiger partial charge in [0.2, 0.25) is 0 Å². The van der Waals surface area contributed by atoms with Crippen LogP contribution in [0.4, 0.5) is 0 Å². The second-order valence-corrected chi connectivity index (χ2v) is 20.0. The van der Waals surface area contributed by atoms with Crippen molar-refractivity contribution in [3.63, 3.8) is 0 Å². The molecule has 1 nitrogen and oxygen atoms in total. The van der Waals surface area contributed by atoms with Crippen LogP contribution in [0.25, 0.3) is 12.2 Å². The molecular formula is C28H42OSi2. The van der Waals surface area contributed by atoms with Crippen molar-refractivity contribution in [1.82, 2.24) is 0 Å². The summed E-state index contributed by atoms with van der Waals surface area (Å²) >= 11 is 0. The van der Waals surface area contributed by atoms with Gasteiger partial charge in [-0.1, -0.05) is 102 Å². The van der Waals surface area contributed by atoms with E-state index in [1.165, 1.54) is 22.3 Å². The Hall–Kier alpha value is -1.69. The first kappa shape index (κ1) is 25.6. The van der Waals surface area contributed by atoms with E-state index in [0.717, 1.165) is 12.1 Å². The molecule has 0 N–H and O–H groups in total. The Morgan fingerprint density at radius 1 is 0.645 bits per heavy atom. The largest absolute Gasteiger partial charge is 0.455 e. The molecule has 2 aromatic carbocycles. The highest BCUT2D eigenvalue weighted by Crippen LogP contribution is 2.38. The lowest BCUT2D eigenvalue weighted by Gasteiger charge is -2.42. The van der Waals surface area contributed by atoms with Gasteiger partial charge in [-0.3, -0.25) is 0 Å². The predicted molar refractivity (Wildman–Crippen MR) is 145 cm³/mol. The molecule has 0 aliphatic heterocycles. The average Bonchev–Trinajstić information content (AvgIpc) is 2.65. The molecular weight excluding hydrogens is 408 g/mol. The van der Waals surface area contributed by atoms with Gasteiger partial charge in [0.1, 0.15) is 0 Å². The minimum atomic E-state index is -1.87. The van der Waals surface area contributed by atoms with Crippen LogP contribution < -0.4 is 0 Å². The first-order valence-corrected chi connectivity index (χ1v) is 17.6. The van der Waals surface area contributed by atoms with Gasteiger partial charge in [0, 0.05) is 0 Å². The Morgan fingerprint density at radius 3 is 1.19 bits per heavy atom. The Labute approximate surface area is 193 Å². The molecule has 0 spiro atoms. The van der Waals surface area contributed by atoms with Crippen LogP contribution in [0.15, 0.2) is 61.7 Å². The van der Waals surface area contributed by atoms with Crippen molar-refractivity contribution in [2.24, 2.45) is 0 Å². The Balaban J connectivity index is 2.13. The van der Waals surface area contributed by atoms with Crippen LogP contribution in [-0.2, 0) is 14.9 Å². The van der Waals surface area contributed by atoms with Crippen LogP contribution in [0.3, 0.4) is 0 Å². The number of hydrogen-bond donors (Lipinski definition) is 0. The molecule has 0 aromatic heterocycles. The maximum Gasteiger partial charge on any atom is 0.174 e. The van der Waals surface area contributed by atoms with Crippen molar-refractivity contribution in [1.29, 1.82) is 0 Å². The van der Waals surface area contributed by atoms with Crippen LogP contribution in [0.5, 0.6) is 0 Å². The topological polar surface area (TPSA) is 9.23 Å². The zero-order valence-electron chi connectivity index (χ0n) is 21.0. The van der Waals surface area contributed by atoms with Crippen molar-refractivity contribution < 1.29 is 4.12 Å². The van der Waals surface area contributed by atoms with Gasteiger partial charge in [0.15, 0.2) is 16.6 Å². The molecule has 0 aliphatic rings. The predicted octanol–water partition coefficient (Wildman–Crippen LogP) is 8.65. The van der Waals surface area contributed by atoms with E-state index in [4.69, 9.17) is 4.12 Å². The lowest BCUT2D eigenvalue weighted by Crippen LogP contribution is -2.49. The minimum Gasteiger partial charge on any atom is -0.455 e. The number of hydrogen-bond acceptors (Lipinski definition) is 1. The first-order valence-electron chi connectivity index (χ1n) is 11.4. The summed E-state index contributed by atoms with van der Waals surface area (Å²) in [6.07, 6.45) is 3.80. The molecule has 0 unspecified atom stereocenters. The van der Waals surface area contributed by atoms with Crippen LogP contribution in [0, 0.1) is 0 Å². The molecule has 0 amide bonds. The number of benzene rings is 2. The van der Waals surface area contributed by atoms with Crippen LogP contribution >= 0.6 is 0 Å². The fourth-order valence-electron chi connectivity index (χ4n) is 5.29. The fourth-order valence-corrected chi connectivity index (χ4v) is 16.5. The molecule has 0 aliphatic carbocycles. The SMILES string of the molecule is C=Cc1ccc(C(C)(C)C[Si](C)(C)O[Si](C)(C)CC(C)(C)c2ccc(C=C)cc2)cc1. The highest BCUT2D eigenvalue weighted by Gasteiger charge is 2.41. The summed E-state index contributed by atoms with van der Waals surface area (Å²) < 4.78 is 7.08. The van der Waals surface area contributed by atoms with E-state index in [2.05, 4.69) is 116 Å². The molecule has 168 valence electrons. The van der Waals surface area contributed by atoms with E-state index in [-0.39, 0.29) is 10.8 Å². The van der Waals surface area contributed by atoms with E-state index >= 15 is 0 Å². The van der Waals surface area contributed by atoms with Crippen molar-refractivity contribution in [2.75, 3.05) is 0 Å². The maximum atomic E-state index is 7.08. The minimum absolute atomic E-state index is 0.0932. The molecule has 3 heteroatoms. The molecule has 0 heterocycles. The summed E-state index contributed by atoms with van der Waals surface area (Å²) in [5.41, 5.74) is 5.29. The van der Waals surface area contributed by atoms with Gasteiger partial charge in [0.25, 0.3) is 0 Å². The Bertz CT molecular complexity index is 812. The third-order valence-corrected chi connectivity index (χ3v) is 14.0. The molecule has 2 rings (SSSR count). The van der Waals surface area contributed by atoms with Crippen molar-refractivity contribution in [3.05, 3.63) is 83.9 Å². The molecule has 0 fully saturated rings. The zero-order valence-corrected chi connectivity index (χ0v) is 23.0. The third kappa shape index (κ3) is 7.16. The van der Waals surface area contributed by atoms with E-state index in [1.807, 2.05) is 12.2 Å². The van der Waals surface area contributed by atoms with E-state index in [9.17, 15) is 0 Å². The van der Waals surface area contributed by atoms with Gasteiger partial charge in [0.05, 0.1) is 0 Å². The summed E-state index contributed by atoms with van der Waals surface area (Å²) in [6.45, 7) is 26.7. The van der Waals surface area contributed by atoms with Crippen molar-refractivity contribution >= 4 is 28.8 Å². The zero-order chi connectivity index (χ0) is 23.5. The normalized spacial score (nSPS) is 13.2. The summed E-state index contributed by atoms with van der Waals surface area (Å²) in [5, 5.41) is 0. The van der Waals surface area contributed by atoms with Crippen molar-refractivity contribution in [2.45, 2.75) is 76.8 Å². The quantitative estimate of drug-likeness (QED) is 0.329. The van der Waals surface area contributed by atoms with Gasteiger partial charge in [-0.15, -0.1) is 0 Å². The van der Waals surface area contributed by atoms with Gasteiger partial charge in [-0.2, -0.15) is 0 Å². The van der Waals surface area contributed by atoms with Crippen LogP contribution in [-0.4, -0.2) is 16.6 Å². The fraction of sp³-hybridized carbons (Fsp3) is 0.429. The molecule has 31 heavy (non-hydrogen) atoms. The van der Waals surface area contributed by atoms with E-state index in [1.54, 1.807) is 0 Å². The first-order chi connectivity index (χ1) is 14.2. The molecule has 0 atom stereocenters. The third-order valence-electron chi connectivity index (χ3n) is 6.14. The Morgan fingerprint density at radius 2 is 0.935 bits per heavy atom. The second kappa shape index (κ2) is 9.44. The summed E-state index contributed by atoms with van der Waals surface area (Å²) in [6, 6.07) is 19.9. The van der Waals surface area contributed by atoms with Crippen LogP contribution in [0.2, 0.25) is 38.3 Å². The molecule has 0 saturated heterocycles. The summed E-state index contributed by atoms with van der Waals surface area (Å²) in [4.78, 5) is 0. The molecule has 2 aromatic rings. The lowest BCUT2D eigenvalue weighted by molar-refractivity contribution is 0.468. The molecule has 0 bridgehead atoms. The molecule has 0 saturated carbocycles. The van der Waals surface area contributed by atoms with Crippen molar-refractivity contribution in [3.8, 4) is 0 Å². The lowest BCUT2D eigenvalue weighted by atomic mass is 9.86. The smallest absolute Gasteiger partial charge is 0.174 e. The highest BCUT2D eigenvalue weighted by molar-refractivity contribution is 6.85. The Kier molecular flexibility index (Phi) is 7.78. The monoisotopic (exact) mass is 450 g/mol.